The highest BCUT2D eigenvalue weighted by molar-refractivity contribution is 5.75. The minimum Gasteiger partial charge on any atom is -0.298 e. The Morgan fingerprint density at radius 1 is 1.64 bits per heavy atom. The highest BCUT2D eigenvalue weighted by Gasteiger charge is 2.04. The van der Waals surface area contributed by atoms with Gasteiger partial charge in [0.25, 0.3) is 0 Å². The van der Waals surface area contributed by atoms with Gasteiger partial charge in [-0.05, 0) is 20.8 Å². The van der Waals surface area contributed by atoms with Crippen LogP contribution in [0.5, 0.6) is 0 Å². The van der Waals surface area contributed by atoms with Gasteiger partial charge in [0.15, 0.2) is 6.29 Å². The predicted octanol–water partition coefficient (Wildman–Crippen LogP) is 1.58. The van der Waals surface area contributed by atoms with E-state index in [-0.39, 0.29) is 0 Å². The first kappa shape index (κ1) is 7.98. The zero-order valence-corrected chi connectivity index (χ0v) is 7.03. The summed E-state index contributed by atoms with van der Waals surface area (Å²) < 4.78 is 1.79. The van der Waals surface area contributed by atoms with Crippen LogP contribution in [0.4, 0.5) is 0 Å². The zero-order valence-electron chi connectivity index (χ0n) is 7.03. The van der Waals surface area contributed by atoms with Gasteiger partial charge in [-0.15, -0.1) is 0 Å². The SMILES string of the molecule is Cc1nn(C(C)C)cc1C=O. The maximum Gasteiger partial charge on any atom is 0.153 e. The normalized spacial score (nSPS) is 10.5. The molecule has 1 aromatic heterocycles. The summed E-state index contributed by atoms with van der Waals surface area (Å²) in [6.45, 7) is 5.89. The highest BCUT2D eigenvalue weighted by Crippen LogP contribution is 2.07. The number of hydrogen-bond donors (Lipinski definition) is 0. The summed E-state index contributed by atoms with van der Waals surface area (Å²) in [6, 6.07) is 0.322. The molecule has 0 aromatic carbocycles. The minimum atomic E-state index is 0.322. The molecule has 0 spiro atoms. The fourth-order valence-electron chi connectivity index (χ4n) is 0.876. The van der Waals surface area contributed by atoms with Crippen LogP contribution in [0.3, 0.4) is 0 Å². The van der Waals surface area contributed by atoms with Crippen LogP contribution in [0.2, 0.25) is 0 Å². The summed E-state index contributed by atoms with van der Waals surface area (Å²) >= 11 is 0. The van der Waals surface area contributed by atoms with Crippen molar-refractivity contribution in [3.8, 4) is 0 Å². The third-order valence-corrected chi connectivity index (χ3v) is 1.61. The van der Waals surface area contributed by atoms with Gasteiger partial charge in [-0.3, -0.25) is 9.48 Å². The van der Waals surface area contributed by atoms with E-state index in [9.17, 15) is 4.79 Å². The molecule has 0 bridgehead atoms. The van der Waals surface area contributed by atoms with E-state index in [1.54, 1.807) is 10.9 Å². The van der Waals surface area contributed by atoms with Crippen LogP contribution < -0.4 is 0 Å². The molecule has 0 aliphatic heterocycles. The number of aryl methyl sites for hydroxylation is 1. The Hall–Kier alpha value is -1.12. The van der Waals surface area contributed by atoms with E-state index in [4.69, 9.17) is 0 Å². The molecule has 0 N–H and O–H groups in total. The predicted molar refractivity (Wildman–Crippen MR) is 42.7 cm³/mol. The molecule has 0 radical (unpaired) electrons. The summed E-state index contributed by atoms with van der Waals surface area (Å²) in [4.78, 5) is 10.4. The molecule has 1 rings (SSSR count). The van der Waals surface area contributed by atoms with Crippen molar-refractivity contribution in [1.82, 2.24) is 9.78 Å². The van der Waals surface area contributed by atoms with E-state index >= 15 is 0 Å². The quantitative estimate of drug-likeness (QED) is 0.603. The van der Waals surface area contributed by atoms with Crippen LogP contribution in [0.25, 0.3) is 0 Å². The van der Waals surface area contributed by atoms with E-state index in [2.05, 4.69) is 5.10 Å². The number of rotatable bonds is 2. The van der Waals surface area contributed by atoms with Crippen molar-refractivity contribution in [2.24, 2.45) is 0 Å². The molecule has 11 heavy (non-hydrogen) atoms. The molecule has 1 heterocycles. The summed E-state index contributed by atoms with van der Waals surface area (Å²) in [5.74, 6) is 0. The third-order valence-electron chi connectivity index (χ3n) is 1.61. The number of nitrogens with zero attached hydrogens (tertiary/aromatic N) is 2. The highest BCUT2D eigenvalue weighted by atomic mass is 16.1. The van der Waals surface area contributed by atoms with Gasteiger partial charge in [-0.1, -0.05) is 0 Å². The molecule has 0 saturated heterocycles. The molecule has 0 aliphatic carbocycles. The average molecular weight is 152 g/mol. The standard InChI is InChI=1S/C8H12N2O/c1-6(2)10-4-8(5-11)7(3)9-10/h4-6H,1-3H3. The van der Waals surface area contributed by atoms with E-state index in [1.807, 2.05) is 20.8 Å². The average Bonchev–Trinajstić information content (AvgIpc) is 2.31. The molecule has 0 saturated carbocycles. The Morgan fingerprint density at radius 2 is 2.27 bits per heavy atom. The van der Waals surface area contributed by atoms with Crippen molar-refractivity contribution in [1.29, 1.82) is 0 Å². The minimum absolute atomic E-state index is 0.322. The lowest BCUT2D eigenvalue weighted by Crippen LogP contribution is -2.00. The lowest BCUT2D eigenvalue weighted by atomic mass is 10.3. The second-order valence-corrected chi connectivity index (χ2v) is 2.86. The van der Waals surface area contributed by atoms with E-state index in [1.165, 1.54) is 0 Å². The van der Waals surface area contributed by atoms with Crippen LogP contribution in [-0.2, 0) is 0 Å². The van der Waals surface area contributed by atoms with Gasteiger partial charge in [-0.25, -0.2) is 0 Å². The molecule has 0 aliphatic rings. The largest absolute Gasteiger partial charge is 0.298 e. The van der Waals surface area contributed by atoms with Crippen LogP contribution in [0, 0.1) is 6.92 Å². The Kier molecular flexibility index (Phi) is 2.08. The molecule has 0 amide bonds. The molecule has 3 heteroatoms. The molecular weight excluding hydrogens is 140 g/mol. The smallest absolute Gasteiger partial charge is 0.153 e. The Labute approximate surface area is 66.0 Å². The Balaban J connectivity index is 3.04. The first-order valence-corrected chi connectivity index (χ1v) is 3.66. The monoisotopic (exact) mass is 152 g/mol. The van der Waals surface area contributed by atoms with Crippen molar-refractivity contribution in [2.75, 3.05) is 0 Å². The van der Waals surface area contributed by atoms with Gasteiger partial charge in [0.05, 0.1) is 11.3 Å². The van der Waals surface area contributed by atoms with E-state index in [0.29, 0.717) is 11.6 Å². The molecular formula is C8H12N2O. The van der Waals surface area contributed by atoms with Gasteiger partial charge < -0.3 is 0 Å². The topological polar surface area (TPSA) is 34.9 Å². The lowest BCUT2D eigenvalue weighted by Gasteiger charge is -2.02. The number of carbonyl (C=O) groups excluding carboxylic acids is 1. The molecule has 3 nitrogen and oxygen atoms in total. The fraction of sp³-hybridized carbons (Fsp3) is 0.500. The van der Waals surface area contributed by atoms with Gasteiger partial charge in [-0.2, -0.15) is 5.10 Å². The first-order valence-electron chi connectivity index (χ1n) is 3.66. The lowest BCUT2D eigenvalue weighted by molar-refractivity contribution is 0.112. The van der Waals surface area contributed by atoms with Gasteiger partial charge in [0.2, 0.25) is 0 Å². The van der Waals surface area contributed by atoms with Gasteiger partial charge >= 0.3 is 0 Å². The summed E-state index contributed by atoms with van der Waals surface area (Å²) in [7, 11) is 0. The summed E-state index contributed by atoms with van der Waals surface area (Å²) in [6.07, 6.45) is 2.61. The summed E-state index contributed by atoms with van der Waals surface area (Å²) in [5.41, 5.74) is 1.48. The number of aromatic nitrogens is 2. The second kappa shape index (κ2) is 2.86. The van der Waals surface area contributed by atoms with E-state index in [0.717, 1.165) is 12.0 Å². The van der Waals surface area contributed by atoms with Crippen LogP contribution in [0.1, 0.15) is 35.9 Å². The van der Waals surface area contributed by atoms with Crippen molar-refractivity contribution >= 4 is 6.29 Å². The first-order chi connectivity index (χ1) is 5.15. The van der Waals surface area contributed by atoms with Crippen molar-refractivity contribution < 1.29 is 4.79 Å². The molecule has 0 fully saturated rings. The van der Waals surface area contributed by atoms with Gasteiger partial charge in [0, 0.05) is 12.2 Å². The zero-order chi connectivity index (χ0) is 8.43. The summed E-state index contributed by atoms with van der Waals surface area (Å²) in [5, 5.41) is 4.17. The second-order valence-electron chi connectivity index (χ2n) is 2.86. The van der Waals surface area contributed by atoms with Crippen LogP contribution in [-0.4, -0.2) is 16.1 Å². The van der Waals surface area contributed by atoms with Crippen molar-refractivity contribution in [2.45, 2.75) is 26.8 Å². The van der Waals surface area contributed by atoms with Crippen LogP contribution >= 0.6 is 0 Å². The Morgan fingerprint density at radius 3 is 2.55 bits per heavy atom. The van der Waals surface area contributed by atoms with Gasteiger partial charge in [0.1, 0.15) is 0 Å². The fourth-order valence-corrected chi connectivity index (χ4v) is 0.876. The third kappa shape index (κ3) is 1.48. The van der Waals surface area contributed by atoms with Crippen molar-refractivity contribution in [3.63, 3.8) is 0 Å². The van der Waals surface area contributed by atoms with E-state index < -0.39 is 0 Å². The number of carbonyl (C=O) groups is 1. The molecule has 0 unspecified atom stereocenters. The maximum absolute atomic E-state index is 10.4. The molecule has 60 valence electrons. The maximum atomic E-state index is 10.4. The molecule has 0 atom stereocenters. The van der Waals surface area contributed by atoms with Crippen LogP contribution in [0.15, 0.2) is 6.20 Å². The number of hydrogen-bond acceptors (Lipinski definition) is 2. The number of aldehydes is 1. The molecule has 1 aromatic rings. The Bertz CT molecular complexity index is 263. The van der Waals surface area contributed by atoms with Crippen molar-refractivity contribution in [3.05, 3.63) is 17.5 Å².